The lowest BCUT2D eigenvalue weighted by atomic mass is 10.2. The molecule has 0 bridgehead atoms. The molecule has 0 saturated carbocycles. The summed E-state index contributed by atoms with van der Waals surface area (Å²) in [6.45, 7) is 0. The number of carbonyl (C=O) groups is 1. The van der Waals surface area contributed by atoms with E-state index in [1.807, 2.05) is 24.3 Å². The minimum absolute atomic E-state index is 0.643. The molecule has 0 spiro atoms. The van der Waals surface area contributed by atoms with Gasteiger partial charge in [-0.3, -0.25) is 0 Å². The largest absolute Gasteiger partial charge is 0.497 e. The fourth-order valence-corrected chi connectivity index (χ4v) is 1.28. The Morgan fingerprint density at radius 3 is 2.62 bits per heavy atom. The molecule has 1 aromatic carbocycles. The molecule has 0 N–H and O–H groups in total. The second-order valence-corrected chi connectivity index (χ2v) is 3.44. The number of aldehydes is 1. The highest BCUT2D eigenvalue weighted by Gasteiger charge is 1.89. The lowest BCUT2D eigenvalue weighted by Crippen LogP contribution is -1.82. The van der Waals surface area contributed by atoms with Crippen molar-refractivity contribution in [2.24, 2.45) is 0 Å². The van der Waals surface area contributed by atoms with Gasteiger partial charge in [-0.15, -0.1) is 0 Å². The molecule has 0 unspecified atom stereocenters. The molecular formula is C14H16O2. The van der Waals surface area contributed by atoms with Crippen LogP contribution in [-0.2, 0) is 4.79 Å². The van der Waals surface area contributed by atoms with Gasteiger partial charge in [0, 0.05) is 18.4 Å². The molecule has 0 aliphatic rings. The van der Waals surface area contributed by atoms with E-state index < -0.39 is 0 Å². The SMILES string of the molecule is COc1ccc(C#CCCCCC=O)cc1. The third-order valence-corrected chi connectivity index (χ3v) is 2.20. The zero-order valence-corrected chi connectivity index (χ0v) is 9.53. The third-order valence-electron chi connectivity index (χ3n) is 2.20. The van der Waals surface area contributed by atoms with Crippen LogP contribution in [0.1, 0.15) is 31.2 Å². The van der Waals surface area contributed by atoms with Gasteiger partial charge in [-0.25, -0.2) is 0 Å². The van der Waals surface area contributed by atoms with Gasteiger partial charge in [0.25, 0.3) is 0 Å². The Morgan fingerprint density at radius 1 is 1.25 bits per heavy atom. The first-order valence-corrected chi connectivity index (χ1v) is 5.43. The minimum atomic E-state index is 0.643. The van der Waals surface area contributed by atoms with Gasteiger partial charge in [-0.1, -0.05) is 11.8 Å². The molecule has 0 atom stereocenters. The van der Waals surface area contributed by atoms with Crippen LogP contribution in [0.3, 0.4) is 0 Å². The lowest BCUT2D eigenvalue weighted by molar-refractivity contribution is -0.107. The van der Waals surface area contributed by atoms with E-state index in [0.29, 0.717) is 6.42 Å². The number of ether oxygens (including phenoxy) is 1. The van der Waals surface area contributed by atoms with Crippen LogP contribution in [0, 0.1) is 11.8 Å². The molecule has 0 saturated heterocycles. The summed E-state index contributed by atoms with van der Waals surface area (Å²) in [5.74, 6) is 7.01. The molecule has 2 heteroatoms. The Kier molecular flexibility index (Phi) is 5.80. The molecule has 0 radical (unpaired) electrons. The maximum atomic E-state index is 10.1. The highest BCUT2D eigenvalue weighted by molar-refractivity contribution is 5.48. The Bertz CT molecular complexity index is 368. The second kappa shape index (κ2) is 7.53. The topological polar surface area (TPSA) is 26.3 Å². The number of carbonyl (C=O) groups excluding carboxylic acids is 1. The average molecular weight is 216 g/mol. The van der Waals surface area contributed by atoms with Crippen LogP contribution >= 0.6 is 0 Å². The first kappa shape index (κ1) is 12.3. The molecule has 84 valence electrons. The van der Waals surface area contributed by atoms with E-state index in [1.54, 1.807) is 7.11 Å². The van der Waals surface area contributed by atoms with Crippen LogP contribution in [0.5, 0.6) is 5.75 Å². The molecule has 1 aromatic rings. The van der Waals surface area contributed by atoms with Gasteiger partial charge in [0.2, 0.25) is 0 Å². The van der Waals surface area contributed by atoms with Crippen molar-refractivity contribution in [2.75, 3.05) is 7.11 Å². The van der Waals surface area contributed by atoms with Crippen LogP contribution in [0.25, 0.3) is 0 Å². The lowest BCUT2D eigenvalue weighted by Gasteiger charge is -1.97. The fraction of sp³-hybridized carbons (Fsp3) is 0.357. The normalized spacial score (nSPS) is 9.06. The van der Waals surface area contributed by atoms with Crippen molar-refractivity contribution in [2.45, 2.75) is 25.7 Å². The number of methoxy groups -OCH3 is 1. The monoisotopic (exact) mass is 216 g/mol. The smallest absolute Gasteiger partial charge is 0.119 e. The van der Waals surface area contributed by atoms with Crippen LogP contribution in [0.2, 0.25) is 0 Å². The Labute approximate surface area is 96.6 Å². The Balaban J connectivity index is 2.35. The van der Waals surface area contributed by atoms with Gasteiger partial charge in [-0.05, 0) is 37.1 Å². The maximum absolute atomic E-state index is 10.1. The second-order valence-electron chi connectivity index (χ2n) is 3.44. The van der Waals surface area contributed by atoms with Crippen molar-refractivity contribution in [3.63, 3.8) is 0 Å². The minimum Gasteiger partial charge on any atom is -0.497 e. The fourth-order valence-electron chi connectivity index (χ4n) is 1.28. The summed E-state index contributed by atoms with van der Waals surface area (Å²) in [6, 6.07) is 7.68. The number of hydrogen-bond donors (Lipinski definition) is 0. The summed E-state index contributed by atoms with van der Waals surface area (Å²) in [7, 11) is 1.65. The summed E-state index contributed by atoms with van der Waals surface area (Å²) in [4.78, 5) is 10.1. The molecule has 1 rings (SSSR count). The third kappa shape index (κ3) is 4.65. The van der Waals surface area contributed by atoms with Crippen molar-refractivity contribution >= 4 is 6.29 Å². The molecule has 0 aliphatic carbocycles. The van der Waals surface area contributed by atoms with Gasteiger partial charge in [0.05, 0.1) is 7.11 Å². The van der Waals surface area contributed by atoms with Gasteiger partial charge < -0.3 is 9.53 Å². The van der Waals surface area contributed by atoms with E-state index in [1.165, 1.54) is 0 Å². The summed E-state index contributed by atoms with van der Waals surface area (Å²) in [5, 5.41) is 0. The summed E-state index contributed by atoms with van der Waals surface area (Å²) in [5.41, 5.74) is 0.996. The number of hydrogen-bond acceptors (Lipinski definition) is 2. The molecule has 0 aliphatic heterocycles. The predicted molar refractivity (Wildman–Crippen MR) is 64.4 cm³/mol. The molecular weight excluding hydrogens is 200 g/mol. The van der Waals surface area contributed by atoms with Crippen molar-refractivity contribution in [3.8, 4) is 17.6 Å². The van der Waals surface area contributed by atoms with E-state index in [9.17, 15) is 4.79 Å². The molecule has 0 aromatic heterocycles. The average Bonchev–Trinajstić information content (AvgIpc) is 2.34. The first-order valence-electron chi connectivity index (χ1n) is 5.43. The molecule has 0 heterocycles. The standard InChI is InChI=1S/C14H16O2/c1-16-14-10-8-13(9-11-14)7-5-3-2-4-6-12-15/h8-12H,2-4,6H2,1H3. The van der Waals surface area contributed by atoms with Crippen molar-refractivity contribution < 1.29 is 9.53 Å². The first-order chi connectivity index (χ1) is 7.86. The Hall–Kier alpha value is -1.75. The van der Waals surface area contributed by atoms with E-state index in [2.05, 4.69) is 11.8 Å². The maximum Gasteiger partial charge on any atom is 0.119 e. The quantitative estimate of drug-likeness (QED) is 0.430. The van der Waals surface area contributed by atoms with Gasteiger partial charge >= 0.3 is 0 Å². The number of benzene rings is 1. The molecule has 0 fully saturated rings. The van der Waals surface area contributed by atoms with Gasteiger partial charge in [-0.2, -0.15) is 0 Å². The zero-order chi connectivity index (χ0) is 11.6. The summed E-state index contributed by atoms with van der Waals surface area (Å²) >= 11 is 0. The number of unbranched alkanes of at least 4 members (excludes halogenated alkanes) is 3. The molecule has 2 nitrogen and oxygen atoms in total. The van der Waals surface area contributed by atoms with Crippen LogP contribution < -0.4 is 4.74 Å². The predicted octanol–water partition coefficient (Wildman–Crippen LogP) is 2.81. The van der Waals surface area contributed by atoms with E-state index in [0.717, 1.165) is 36.9 Å². The van der Waals surface area contributed by atoms with Crippen LogP contribution in [0.4, 0.5) is 0 Å². The summed E-state index contributed by atoms with van der Waals surface area (Å²) in [6.07, 6.45) is 4.36. The van der Waals surface area contributed by atoms with Crippen LogP contribution in [-0.4, -0.2) is 13.4 Å². The van der Waals surface area contributed by atoms with E-state index in [4.69, 9.17) is 4.74 Å². The van der Waals surface area contributed by atoms with Crippen LogP contribution in [0.15, 0.2) is 24.3 Å². The van der Waals surface area contributed by atoms with Crippen molar-refractivity contribution in [1.82, 2.24) is 0 Å². The van der Waals surface area contributed by atoms with Gasteiger partial charge in [0.1, 0.15) is 12.0 Å². The van der Waals surface area contributed by atoms with E-state index in [-0.39, 0.29) is 0 Å². The van der Waals surface area contributed by atoms with Crippen molar-refractivity contribution in [3.05, 3.63) is 29.8 Å². The van der Waals surface area contributed by atoms with Crippen molar-refractivity contribution in [1.29, 1.82) is 0 Å². The van der Waals surface area contributed by atoms with Gasteiger partial charge in [0.15, 0.2) is 0 Å². The zero-order valence-electron chi connectivity index (χ0n) is 9.53. The number of rotatable bonds is 5. The molecule has 0 amide bonds. The Morgan fingerprint density at radius 2 is 2.00 bits per heavy atom. The summed E-state index contributed by atoms with van der Waals surface area (Å²) < 4.78 is 5.06. The van der Waals surface area contributed by atoms with E-state index >= 15 is 0 Å². The highest BCUT2D eigenvalue weighted by atomic mass is 16.5. The highest BCUT2D eigenvalue weighted by Crippen LogP contribution is 2.10. The molecule has 16 heavy (non-hydrogen) atoms.